The molecule has 0 saturated carbocycles. The number of carbonyl (C=O) groups excluding carboxylic acids is 2. The molecule has 1 saturated heterocycles. The molecule has 1 aliphatic rings. The van der Waals surface area contributed by atoms with Gasteiger partial charge in [0.1, 0.15) is 0 Å². The maximum Gasteiger partial charge on any atom is 0.253 e. The van der Waals surface area contributed by atoms with Crippen LogP contribution in [0, 0.1) is 0 Å². The predicted octanol–water partition coefficient (Wildman–Crippen LogP) is 2.75. The van der Waals surface area contributed by atoms with Gasteiger partial charge in [0.15, 0.2) is 0 Å². The summed E-state index contributed by atoms with van der Waals surface area (Å²) in [4.78, 5) is 25.9. The number of nitrogens with one attached hydrogen (secondary N) is 2. The van der Waals surface area contributed by atoms with E-state index in [0.717, 1.165) is 5.56 Å². The molecule has 6 heteroatoms. The minimum absolute atomic E-state index is 0.112. The molecule has 0 radical (unpaired) electrons. The summed E-state index contributed by atoms with van der Waals surface area (Å²) in [6.45, 7) is 1.89. The highest BCUT2D eigenvalue weighted by atomic mass is 16.5. The summed E-state index contributed by atoms with van der Waals surface area (Å²) in [5.74, 6) is -0.354. The van der Waals surface area contributed by atoms with Crippen molar-refractivity contribution in [3.63, 3.8) is 0 Å². The van der Waals surface area contributed by atoms with Crippen molar-refractivity contribution >= 4 is 17.5 Å². The van der Waals surface area contributed by atoms with Crippen LogP contribution in [0.3, 0.4) is 0 Å². The van der Waals surface area contributed by atoms with E-state index in [1.807, 2.05) is 30.3 Å². The van der Waals surface area contributed by atoms with Crippen molar-refractivity contribution in [2.75, 3.05) is 38.8 Å². The Morgan fingerprint density at radius 1 is 1.04 bits per heavy atom. The van der Waals surface area contributed by atoms with Gasteiger partial charge in [0, 0.05) is 26.9 Å². The van der Waals surface area contributed by atoms with E-state index >= 15 is 0 Å². The van der Waals surface area contributed by atoms with Crippen molar-refractivity contribution in [3.05, 3.63) is 65.7 Å². The van der Waals surface area contributed by atoms with Crippen LogP contribution in [0.2, 0.25) is 0 Å². The van der Waals surface area contributed by atoms with Gasteiger partial charge in [-0.3, -0.25) is 9.59 Å². The van der Waals surface area contributed by atoms with E-state index in [-0.39, 0.29) is 11.8 Å². The quantitative estimate of drug-likeness (QED) is 0.722. The summed E-state index contributed by atoms with van der Waals surface area (Å²) in [5.41, 5.74) is 1.24. The van der Waals surface area contributed by atoms with Gasteiger partial charge in [-0.05, 0) is 30.5 Å². The smallest absolute Gasteiger partial charge is 0.253 e. The SMILES string of the molecule is COCCNC(=O)c1ccccc1NC(=O)C1(c2ccccc2)CCOCC1. The molecule has 0 spiro atoms. The number of carbonyl (C=O) groups is 2. The Morgan fingerprint density at radius 2 is 1.71 bits per heavy atom. The number of para-hydroxylation sites is 1. The lowest BCUT2D eigenvalue weighted by molar-refractivity contribution is -0.125. The molecule has 1 aliphatic heterocycles. The lowest BCUT2D eigenvalue weighted by Gasteiger charge is -2.36. The van der Waals surface area contributed by atoms with Crippen LogP contribution in [0.25, 0.3) is 0 Å². The second kappa shape index (κ2) is 9.48. The van der Waals surface area contributed by atoms with E-state index in [9.17, 15) is 9.59 Å². The van der Waals surface area contributed by atoms with Crippen molar-refractivity contribution in [1.29, 1.82) is 0 Å². The zero-order valence-corrected chi connectivity index (χ0v) is 16.1. The molecule has 2 N–H and O–H groups in total. The standard InChI is InChI=1S/C22H26N2O4/c1-27-16-13-23-20(25)18-9-5-6-10-19(18)24-21(26)22(11-14-28-15-12-22)17-7-3-2-4-8-17/h2-10H,11-16H2,1H3,(H,23,25)(H,24,26). The monoisotopic (exact) mass is 382 g/mol. The highest BCUT2D eigenvalue weighted by Crippen LogP contribution is 2.36. The van der Waals surface area contributed by atoms with Gasteiger partial charge in [-0.15, -0.1) is 0 Å². The van der Waals surface area contributed by atoms with Gasteiger partial charge in [-0.1, -0.05) is 42.5 Å². The highest BCUT2D eigenvalue weighted by Gasteiger charge is 2.41. The van der Waals surface area contributed by atoms with Crippen LogP contribution in [0.4, 0.5) is 5.69 Å². The fourth-order valence-electron chi connectivity index (χ4n) is 3.52. The fraction of sp³-hybridized carbons (Fsp3) is 0.364. The van der Waals surface area contributed by atoms with Crippen LogP contribution in [-0.4, -0.2) is 45.3 Å². The first kappa shape index (κ1) is 20.0. The Kier molecular flexibility index (Phi) is 6.79. The van der Waals surface area contributed by atoms with Gasteiger partial charge >= 0.3 is 0 Å². The van der Waals surface area contributed by atoms with Crippen LogP contribution in [0.15, 0.2) is 54.6 Å². The maximum atomic E-state index is 13.4. The van der Waals surface area contributed by atoms with Crippen LogP contribution in [0.5, 0.6) is 0 Å². The zero-order chi connectivity index (χ0) is 19.8. The number of methoxy groups -OCH3 is 1. The number of ether oxygens (including phenoxy) is 2. The van der Waals surface area contributed by atoms with Crippen molar-refractivity contribution in [2.24, 2.45) is 0 Å². The van der Waals surface area contributed by atoms with Crippen LogP contribution < -0.4 is 10.6 Å². The number of hydrogen-bond donors (Lipinski definition) is 2. The Hall–Kier alpha value is -2.70. The molecule has 3 rings (SSSR count). The molecule has 1 fully saturated rings. The average molecular weight is 382 g/mol. The normalized spacial score (nSPS) is 15.6. The van der Waals surface area contributed by atoms with Gasteiger partial charge < -0.3 is 20.1 Å². The zero-order valence-electron chi connectivity index (χ0n) is 16.1. The first-order valence-corrected chi connectivity index (χ1v) is 9.48. The summed E-state index contributed by atoms with van der Waals surface area (Å²) in [5, 5.41) is 5.80. The summed E-state index contributed by atoms with van der Waals surface area (Å²) in [6.07, 6.45) is 1.20. The minimum atomic E-state index is -0.668. The van der Waals surface area contributed by atoms with Crippen LogP contribution in [0.1, 0.15) is 28.8 Å². The average Bonchev–Trinajstić information content (AvgIpc) is 2.75. The Bertz CT molecular complexity index is 801. The summed E-state index contributed by atoms with van der Waals surface area (Å²) in [7, 11) is 1.58. The second-order valence-corrected chi connectivity index (χ2v) is 6.81. The molecule has 0 unspecified atom stereocenters. The van der Waals surface area contributed by atoms with Crippen LogP contribution >= 0.6 is 0 Å². The molecular weight excluding hydrogens is 356 g/mol. The first-order chi connectivity index (χ1) is 13.7. The number of anilines is 1. The molecule has 6 nitrogen and oxygen atoms in total. The largest absolute Gasteiger partial charge is 0.383 e. The molecule has 0 aliphatic carbocycles. The third-order valence-electron chi connectivity index (χ3n) is 5.12. The molecule has 148 valence electrons. The van der Waals surface area contributed by atoms with E-state index in [2.05, 4.69) is 10.6 Å². The molecule has 2 aromatic rings. The second-order valence-electron chi connectivity index (χ2n) is 6.81. The molecule has 2 amide bonds. The van der Waals surface area contributed by atoms with Crippen molar-refractivity contribution in [1.82, 2.24) is 5.32 Å². The predicted molar refractivity (Wildman–Crippen MR) is 107 cm³/mol. The lowest BCUT2D eigenvalue weighted by atomic mass is 9.73. The third-order valence-corrected chi connectivity index (χ3v) is 5.12. The van der Waals surface area contributed by atoms with E-state index in [1.54, 1.807) is 31.4 Å². The van der Waals surface area contributed by atoms with Gasteiger partial charge in [-0.2, -0.15) is 0 Å². The maximum absolute atomic E-state index is 13.4. The first-order valence-electron chi connectivity index (χ1n) is 9.48. The Balaban J connectivity index is 1.84. The van der Waals surface area contributed by atoms with Crippen molar-refractivity contribution < 1.29 is 19.1 Å². The lowest BCUT2D eigenvalue weighted by Crippen LogP contribution is -2.45. The minimum Gasteiger partial charge on any atom is -0.383 e. The molecule has 0 aromatic heterocycles. The number of amides is 2. The molecule has 28 heavy (non-hydrogen) atoms. The molecule has 1 heterocycles. The Labute approximate surface area is 165 Å². The summed E-state index contributed by atoms with van der Waals surface area (Å²) in [6, 6.07) is 16.8. The van der Waals surface area contributed by atoms with E-state index in [1.165, 1.54) is 0 Å². The van der Waals surface area contributed by atoms with Gasteiger partial charge in [0.2, 0.25) is 5.91 Å². The van der Waals surface area contributed by atoms with Gasteiger partial charge in [-0.25, -0.2) is 0 Å². The topological polar surface area (TPSA) is 76.7 Å². The highest BCUT2D eigenvalue weighted by molar-refractivity contribution is 6.06. The molecule has 0 atom stereocenters. The van der Waals surface area contributed by atoms with Crippen molar-refractivity contribution in [3.8, 4) is 0 Å². The van der Waals surface area contributed by atoms with E-state index in [0.29, 0.717) is 50.5 Å². The molecule has 0 bridgehead atoms. The van der Waals surface area contributed by atoms with Gasteiger partial charge in [0.05, 0.1) is 23.3 Å². The Morgan fingerprint density at radius 3 is 2.43 bits per heavy atom. The van der Waals surface area contributed by atoms with Crippen molar-refractivity contribution in [2.45, 2.75) is 18.3 Å². The van der Waals surface area contributed by atoms with E-state index < -0.39 is 5.41 Å². The number of rotatable bonds is 7. The fourth-order valence-corrected chi connectivity index (χ4v) is 3.52. The third kappa shape index (κ3) is 4.40. The molecule has 2 aromatic carbocycles. The van der Waals surface area contributed by atoms with Crippen LogP contribution in [-0.2, 0) is 19.7 Å². The number of hydrogen-bond acceptors (Lipinski definition) is 4. The summed E-state index contributed by atoms with van der Waals surface area (Å²) >= 11 is 0. The molecular formula is C22H26N2O4. The summed E-state index contributed by atoms with van der Waals surface area (Å²) < 4.78 is 10.5. The number of benzene rings is 2. The van der Waals surface area contributed by atoms with Gasteiger partial charge in [0.25, 0.3) is 5.91 Å². The van der Waals surface area contributed by atoms with E-state index in [4.69, 9.17) is 9.47 Å².